The zero-order valence-electron chi connectivity index (χ0n) is 63.6. The number of ether oxygens (including phenoxy) is 2. The van der Waals surface area contributed by atoms with Gasteiger partial charge in [-0.05, 0) is 0 Å². The van der Waals surface area contributed by atoms with Crippen molar-refractivity contribution >= 4 is 139 Å². The van der Waals surface area contributed by atoms with E-state index in [-0.39, 0.29) is 40.5 Å². The van der Waals surface area contributed by atoms with Gasteiger partial charge in [0.15, 0.2) is 0 Å². The molecule has 9 heteroatoms. The molecule has 0 aromatic heterocycles. The molecule has 0 saturated carbocycles. The SMILES string of the molecule is CC(C)(C)c1cc2c3c(c1)N(c1c(-c4ccccc4)cccc1-c1ccccc1)c1cc4c5c(c1B3c1cc(-c3ccccc3)ccc1N2c1c(-c2ccccc2)cccc1-c1ccccc1)[Se]c1ccc(-c2ccccc2)cc1B5c1c(cc2c3c1Oc1ccc(-c5ccccc5)cc1B3c1cc(-c3ccccc3)ccc1S2)O4. The zero-order valence-corrected chi connectivity index (χ0v) is 66.1. The Kier molecular flexibility index (Phi) is 15.8. The van der Waals surface area contributed by atoms with Gasteiger partial charge in [0.2, 0.25) is 0 Å². The predicted molar refractivity (Wildman–Crippen MR) is 487 cm³/mol. The van der Waals surface area contributed by atoms with Crippen LogP contribution in [-0.4, -0.2) is 35.1 Å². The molecule has 6 aliphatic rings. The van der Waals surface area contributed by atoms with Crippen LogP contribution in [0.3, 0.4) is 0 Å². The molecule has 6 aliphatic heterocycles. The van der Waals surface area contributed by atoms with Crippen molar-refractivity contribution in [2.24, 2.45) is 0 Å². The van der Waals surface area contributed by atoms with E-state index >= 15 is 0 Å². The van der Waals surface area contributed by atoms with E-state index in [9.17, 15) is 0 Å². The Hall–Kier alpha value is -13.0. The predicted octanol–water partition coefficient (Wildman–Crippen LogP) is 20.1. The summed E-state index contributed by atoms with van der Waals surface area (Å²) in [5.74, 6) is 3.42. The third-order valence-corrected chi connectivity index (χ3v) is 28.2. The van der Waals surface area contributed by atoms with E-state index in [1.54, 1.807) is 0 Å². The summed E-state index contributed by atoms with van der Waals surface area (Å²) in [6.45, 7) is 6.34. The standard InChI is InChI=1S/C106H71B3N2O2SSe/c1-106(2,3)78-62-88-97-89(63-78)111(103-81(72-42-24-10-25-43-72)48-29-49-82(103)73-44-26-11-27-45-73)90-64-92-100-105(98(90)108(97)83-58-74(66-30-12-4-13-31-66)50-54-87(83)110(88)102-79(70-38-20-8-21-39-70)46-28-47-80(102)71-40-22-9-23-41-71)115-96-57-53-77(69-36-18-7-19-37-69)61-86(96)109(100)99-93(112-92)65-95-101-104(99)113-91-55-51-75(67-32-14-5-15-33-67)59-84(91)107(101)85-60-76(52-56-94(85)114-95)68-34-16-6-17-35-68/h4-65H,1-3H3. The number of hydrogen-bond donors (Lipinski definition) is 0. The van der Waals surface area contributed by atoms with Crippen LogP contribution in [-0.2, 0) is 5.41 Å². The van der Waals surface area contributed by atoms with Crippen molar-refractivity contribution in [3.05, 3.63) is 382 Å². The van der Waals surface area contributed by atoms with E-state index in [1.807, 2.05) is 11.8 Å². The number of para-hydroxylation sites is 2. The molecular formula is C106H71B3N2O2SSe. The molecule has 0 unspecified atom stereocenters. The molecule has 17 aromatic rings. The fourth-order valence-corrected chi connectivity index (χ4v) is 23.1. The number of anilines is 6. The number of fused-ring (bicyclic) bond motifs is 14. The average molecular weight is 1550 g/mol. The van der Waals surface area contributed by atoms with Gasteiger partial charge < -0.3 is 0 Å². The van der Waals surface area contributed by atoms with Gasteiger partial charge in [-0.1, -0.05) is 36.4 Å². The van der Waals surface area contributed by atoms with E-state index in [2.05, 4.69) is 407 Å². The fourth-order valence-electron chi connectivity index (χ4n) is 19.2. The molecule has 17 aromatic carbocycles. The van der Waals surface area contributed by atoms with Crippen LogP contribution in [0.15, 0.2) is 386 Å². The average Bonchev–Trinajstić information content (AvgIpc) is 0.671. The third kappa shape index (κ3) is 10.9. The van der Waals surface area contributed by atoms with Gasteiger partial charge in [0, 0.05) is 0 Å². The van der Waals surface area contributed by atoms with Crippen LogP contribution in [0.4, 0.5) is 34.1 Å². The molecule has 0 saturated heterocycles. The first-order valence-corrected chi connectivity index (χ1v) is 42.4. The van der Waals surface area contributed by atoms with E-state index in [0.29, 0.717) is 0 Å². The summed E-state index contributed by atoms with van der Waals surface area (Å²) in [5.41, 5.74) is 37.1. The summed E-state index contributed by atoms with van der Waals surface area (Å²) in [5, 5.41) is 0. The van der Waals surface area contributed by atoms with Gasteiger partial charge in [-0.2, -0.15) is 0 Å². The van der Waals surface area contributed by atoms with E-state index in [1.165, 1.54) is 85.4 Å². The molecule has 0 fully saturated rings. The van der Waals surface area contributed by atoms with Crippen molar-refractivity contribution in [3.63, 3.8) is 0 Å². The number of hydrogen-bond acceptors (Lipinski definition) is 5. The molecule has 0 bridgehead atoms. The first kappa shape index (κ1) is 67.7. The quantitative estimate of drug-likeness (QED) is 0.127. The van der Waals surface area contributed by atoms with E-state index in [0.717, 1.165) is 134 Å². The minimum absolute atomic E-state index is 0.171. The second-order valence-electron chi connectivity index (χ2n) is 32.0. The molecule has 115 heavy (non-hydrogen) atoms. The van der Waals surface area contributed by atoms with E-state index in [4.69, 9.17) is 9.47 Å². The maximum atomic E-state index is 8.22. The Labute approximate surface area is 682 Å². The van der Waals surface area contributed by atoms with Crippen LogP contribution in [0.25, 0.3) is 89.0 Å². The van der Waals surface area contributed by atoms with Crippen molar-refractivity contribution in [1.82, 2.24) is 0 Å². The zero-order chi connectivity index (χ0) is 76.1. The minimum atomic E-state index is -0.336. The Bertz CT molecular complexity index is 6660. The molecule has 0 radical (unpaired) electrons. The molecular weight excluding hydrogens is 1480 g/mol. The Morgan fingerprint density at radius 1 is 0.270 bits per heavy atom. The first-order valence-electron chi connectivity index (χ1n) is 39.9. The molecule has 0 atom stereocenters. The topological polar surface area (TPSA) is 24.9 Å². The Morgan fingerprint density at radius 3 is 1.16 bits per heavy atom. The van der Waals surface area contributed by atoms with Crippen LogP contribution < -0.4 is 77.4 Å². The number of benzene rings is 17. The molecule has 0 N–H and O–H groups in total. The molecule has 538 valence electrons. The molecule has 23 rings (SSSR count). The van der Waals surface area contributed by atoms with Gasteiger partial charge in [0.1, 0.15) is 0 Å². The summed E-state index contributed by atoms with van der Waals surface area (Å²) in [4.78, 5) is 7.79. The van der Waals surface area contributed by atoms with Crippen molar-refractivity contribution in [1.29, 1.82) is 0 Å². The first-order chi connectivity index (χ1) is 56.7. The summed E-state index contributed by atoms with van der Waals surface area (Å²) in [7, 11) is 0. The summed E-state index contributed by atoms with van der Waals surface area (Å²) in [6, 6.07) is 141. The number of rotatable bonds is 10. The molecule has 4 nitrogen and oxygen atoms in total. The van der Waals surface area contributed by atoms with Crippen molar-refractivity contribution < 1.29 is 9.47 Å². The summed E-state index contributed by atoms with van der Waals surface area (Å²) in [6.07, 6.45) is 0. The van der Waals surface area contributed by atoms with Gasteiger partial charge in [0.25, 0.3) is 0 Å². The third-order valence-electron chi connectivity index (χ3n) is 24.4. The normalized spacial score (nSPS) is 13.3. The van der Waals surface area contributed by atoms with Gasteiger partial charge in [0.05, 0.1) is 0 Å². The van der Waals surface area contributed by atoms with Crippen LogP contribution in [0.1, 0.15) is 26.3 Å². The molecule has 6 heterocycles. The maximum absolute atomic E-state index is 8.22. The number of nitrogens with zero attached hydrogens (tertiary/aromatic N) is 2. The van der Waals surface area contributed by atoms with Gasteiger partial charge in [-0.25, -0.2) is 0 Å². The van der Waals surface area contributed by atoms with Gasteiger partial charge in [-0.15, -0.1) is 0 Å². The van der Waals surface area contributed by atoms with Gasteiger partial charge in [-0.3, -0.25) is 0 Å². The van der Waals surface area contributed by atoms with E-state index < -0.39 is 0 Å². The van der Waals surface area contributed by atoms with Crippen molar-refractivity contribution in [2.75, 3.05) is 9.80 Å². The molecule has 0 aliphatic carbocycles. The van der Waals surface area contributed by atoms with Gasteiger partial charge >= 0.3 is 652 Å². The van der Waals surface area contributed by atoms with Crippen LogP contribution in [0, 0.1) is 0 Å². The molecule has 0 spiro atoms. The van der Waals surface area contributed by atoms with Crippen LogP contribution in [0.5, 0.6) is 23.0 Å². The van der Waals surface area contributed by atoms with Crippen LogP contribution >= 0.6 is 11.8 Å². The summed E-state index contributed by atoms with van der Waals surface area (Å²) < 4.78 is 18.9. The van der Waals surface area contributed by atoms with Crippen molar-refractivity contribution in [3.8, 4) is 112 Å². The van der Waals surface area contributed by atoms with Crippen molar-refractivity contribution in [2.45, 2.75) is 36.0 Å². The second-order valence-corrected chi connectivity index (χ2v) is 35.3. The summed E-state index contributed by atoms with van der Waals surface area (Å²) >= 11 is 1.52. The molecule has 0 amide bonds. The Morgan fingerprint density at radius 2 is 0.670 bits per heavy atom. The Balaban J connectivity index is 0.861. The van der Waals surface area contributed by atoms with Crippen LogP contribution in [0.2, 0.25) is 0 Å². The fraction of sp³-hybridized carbons (Fsp3) is 0.0377. The second kappa shape index (κ2) is 26.8. The monoisotopic (exact) mass is 1550 g/mol.